The largest absolute Gasteiger partial charge is 0.332 e. The van der Waals surface area contributed by atoms with Gasteiger partial charge in [0.25, 0.3) is 0 Å². The SMILES string of the molecule is CC(C)c1cc(-c2ccccc2)cc(C(C)C)c1-n1c(-c2[c-]cc3c(ccc4ccccc43)c2)nc2c3ccccc3c3ccccc3c21.[2H]C(C)(C)c1ccnc(-c2[c-]cc3c(ccc4ccccc43)c2)c1.[Ir]. The minimum atomic E-state index is -0.634. The van der Waals surface area contributed by atoms with Gasteiger partial charge in [0.05, 0.1) is 16.9 Å². The van der Waals surface area contributed by atoms with Crippen molar-refractivity contribution >= 4 is 75.7 Å². The standard InChI is InChI=1S/C47H37N2.C22H18N.Ir/c1-29(2)42-27-35(31-14-6-5-7-15-31)28-43(30(3)4)45(42)49-46-41-21-13-11-19-39(41)38-18-10-12-20-40(38)44(46)48-47(49)34-24-25-37-33(26-34)23-22-32-16-8-9-17-36(32)37;1-15(2)17-11-12-23-22(14-17)19-9-10-21-18(13-19)8-7-16-5-3-4-6-20(16)21;/h5-23,25-30H,1-4H3;3-8,10-15H,1-2H3;/q2*-1;/i;15D;. The molecule has 0 unspecified atom stereocenters. The maximum absolute atomic E-state index is 8.22. The maximum Gasteiger partial charge on any atom is 0.0859 e. The Morgan fingerprint density at radius 2 is 0.945 bits per heavy atom. The summed E-state index contributed by atoms with van der Waals surface area (Å²) in [4.78, 5) is 10.1. The van der Waals surface area contributed by atoms with E-state index in [4.69, 9.17) is 6.35 Å². The molecule has 0 aliphatic carbocycles. The minimum absolute atomic E-state index is 0. The first-order chi connectivity index (χ1) is 35.5. The van der Waals surface area contributed by atoms with Crippen LogP contribution < -0.4 is 0 Å². The normalized spacial score (nSPS) is 12.0. The van der Waals surface area contributed by atoms with Crippen LogP contribution in [0.15, 0.2) is 206 Å². The third-order valence-corrected chi connectivity index (χ3v) is 14.5. The quantitative estimate of drug-likeness (QED) is 0.118. The van der Waals surface area contributed by atoms with E-state index in [0.29, 0.717) is 0 Å². The summed E-state index contributed by atoms with van der Waals surface area (Å²) in [6.07, 6.45) is 1.78. The third-order valence-electron chi connectivity index (χ3n) is 14.5. The van der Waals surface area contributed by atoms with Crippen LogP contribution in [0, 0.1) is 12.1 Å². The van der Waals surface area contributed by atoms with Gasteiger partial charge in [0.1, 0.15) is 0 Å². The van der Waals surface area contributed by atoms with E-state index in [9.17, 15) is 0 Å². The van der Waals surface area contributed by atoms with Crippen molar-refractivity contribution in [2.24, 2.45) is 0 Å². The van der Waals surface area contributed by atoms with E-state index in [1.807, 2.05) is 32.0 Å². The van der Waals surface area contributed by atoms with Crippen LogP contribution in [0.25, 0.3) is 115 Å². The van der Waals surface area contributed by atoms with E-state index in [1.54, 1.807) is 6.20 Å². The Balaban J connectivity index is 0.000000197. The van der Waals surface area contributed by atoms with Crippen molar-refractivity contribution in [2.75, 3.05) is 0 Å². The number of rotatable bonds is 7. The van der Waals surface area contributed by atoms with E-state index >= 15 is 0 Å². The summed E-state index contributed by atoms with van der Waals surface area (Å²) >= 11 is 0. The first-order valence-corrected chi connectivity index (χ1v) is 25.2. The zero-order chi connectivity index (χ0) is 50.0. The fourth-order valence-corrected chi connectivity index (χ4v) is 10.8. The van der Waals surface area contributed by atoms with Crippen molar-refractivity contribution in [1.82, 2.24) is 14.5 Å². The van der Waals surface area contributed by atoms with Crippen LogP contribution in [0.4, 0.5) is 0 Å². The minimum Gasteiger partial charge on any atom is -0.332 e. The molecule has 2 aromatic heterocycles. The molecule has 0 saturated carbocycles. The molecular formula is C69H55IrN3-2. The molecule has 0 spiro atoms. The molecule has 0 aliphatic rings. The van der Waals surface area contributed by atoms with Gasteiger partial charge in [-0.05, 0) is 85.4 Å². The second-order valence-electron chi connectivity index (χ2n) is 19.9. The van der Waals surface area contributed by atoms with Gasteiger partial charge in [-0.15, -0.1) is 58.3 Å². The van der Waals surface area contributed by atoms with Gasteiger partial charge >= 0.3 is 0 Å². The van der Waals surface area contributed by atoms with Crippen LogP contribution in [0.1, 0.15) is 77.3 Å². The Morgan fingerprint density at radius 3 is 1.53 bits per heavy atom. The second-order valence-corrected chi connectivity index (χ2v) is 19.9. The summed E-state index contributed by atoms with van der Waals surface area (Å²) < 4.78 is 10.7. The zero-order valence-corrected chi connectivity index (χ0v) is 44.4. The number of benzene rings is 11. The number of nitrogens with zero attached hydrogens (tertiary/aromatic N) is 3. The van der Waals surface area contributed by atoms with Crippen LogP contribution in [0.5, 0.6) is 0 Å². The monoisotopic (exact) mass is 1120 g/mol. The van der Waals surface area contributed by atoms with Gasteiger partial charge in [0.15, 0.2) is 0 Å². The van der Waals surface area contributed by atoms with Crippen LogP contribution in [0.2, 0.25) is 0 Å². The molecular weight excluding hydrogens is 1060 g/mol. The zero-order valence-electron chi connectivity index (χ0n) is 43.0. The molecule has 0 amide bonds. The Hall–Kier alpha value is -7.75. The molecule has 4 heteroatoms. The van der Waals surface area contributed by atoms with Crippen molar-refractivity contribution in [2.45, 2.75) is 59.3 Å². The number of aromatic nitrogens is 3. The summed E-state index contributed by atoms with van der Waals surface area (Å²) in [5.41, 5.74) is 12.3. The Morgan fingerprint density at radius 1 is 0.452 bits per heavy atom. The average Bonchev–Trinajstić information content (AvgIpc) is 3.83. The van der Waals surface area contributed by atoms with Gasteiger partial charge in [-0.3, -0.25) is 4.98 Å². The van der Waals surface area contributed by atoms with Crippen LogP contribution in [0.3, 0.4) is 0 Å². The van der Waals surface area contributed by atoms with Gasteiger partial charge in [0, 0.05) is 44.1 Å². The van der Waals surface area contributed by atoms with Gasteiger partial charge in [-0.25, -0.2) is 0 Å². The molecule has 0 N–H and O–H groups in total. The van der Waals surface area contributed by atoms with Crippen LogP contribution in [-0.4, -0.2) is 14.5 Å². The number of fused-ring (bicyclic) bond motifs is 12. The Bertz CT molecular complexity index is 4230. The Kier molecular flexibility index (Phi) is 12.5. The molecule has 11 aromatic carbocycles. The molecule has 1 radical (unpaired) electrons. The van der Waals surface area contributed by atoms with Gasteiger partial charge in [-0.1, -0.05) is 226 Å². The van der Waals surface area contributed by atoms with Crippen molar-refractivity contribution < 1.29 is 21.5 Å². The molecule has 0 fully saturated rings. The van der Waals surface area contributed by atoms with E-state index < -0.39 is 5.89 Å². The molecule has 13 rings (SSSR count). The fraction of sp³-hybridized carbons (Fsp3) is 0.130. The molecule has 13 aromatic rings. The first-order valence-electron chi connectivity index (χ1n) is 25.7. The molecule has 0 atom stereocenters. The molecule has 357 valence electrons. The number of hydrogen-bond donors (Lipinski definition) is 0. The predicted molar refractivity (Wildman–Crippen MR) is 307 cm³/mol. The fourth-order valence-electron chi connectivity index (χ4n) is 10.8. The van der Waals surface area contributed by atoms with Crippen molar-refractivity contribution in [3.05, 3.63) is 235 Å². The van der Waals surface area contributed by atoms with E-state index in [-0.39, 0.29) is 31.9 Å². The second kappa shape index (κ2) is 19.7. The molecule has 0 saturated heterocycles. The van der Waals surface area contributed by atoms with Crippen LogP contribution >= 0.6 is 0 Å². The molecule has 2 heterocycles. The molecule has 0 bridgehead atoms. The van der Waals surface area contributed by atoms with E-state index in [0.717, 1.165) is 39.2 Å². The first kappa shape index (κ1) is 46.3. The Labute approximate surface area is 443 Å². The predicted octanol–water partition coefficient (Wildman–Crippen LogP) is 19.0. The van der Waals surface area contributed by atoms with Gasteiger partial charge < -0.3 is 9.55 Å². The number of hydrogen-bond acceptors (Lipinski definition) is 2. The topological polar surface area (TPSA) is 30.7 Å². The van der Waals surface area contributed by atoms with Gasteiger partial charge in [-0.2, -0.15) is 0 Å². The summed E-state index contributed by atoms with van der Waals surface area (Å²) in [5, 5.41) is 14.6. The van der Waals surface area contributed by atoms with Gasteiger partial charge in [0.2, 0.25) is 0 Å². The summed E-state index contributed by atoms with van der Waals surface area (Å²) in [5.74, 6) is 0.841. The maximum atomic E-state index is 8.22. The van der Waals surface area contributed by atoms with Crippen molar-refractivity contribution in [3.8, 4) is 39.5 Å². The number of pyridine rings is 1. The van der Waals surface area contributed by atoms with E-state index in [1.165, 1.54) is 92.6 Å². The smallest absolute Gasteiger partial charge is 0.0859 e. The summed E-state index contributed by atoms with van der Waals surface area (Å²) in [7, 11) is 0. The van der Waals surface area contributed by atoms with Crippen molar-refractivity contribution in [3.63, 3.8) is 0 Å². The molecule has 73 heavy (non-hydrogen) atoms. The summed E-state index contributed by atoms with van der Waals surface area (Å²) in [6.45, 7) is 13.0. The number of imidazole rings is 1. The van der Waals surface area contributed by atoms with Crippen LogP contribution in [-0.2, 0) is 20.1 Å². The van der Waals surface area contributed by atoms with E-state index in [2.05, 4.69) is 231 Å². The van der Waals surface area contributed by atoms with Crippen molar-refractivity contribution in [1.29, 1.82) is 0 Å². The average molecular weight is 1120 g/mol. The molecule has 3 nitrogen and oxygen atoms in total. The summed E-state index contributed by atoms with van der Waals surface area (Å²) in [6, 6.07) is 78.6. The molecule has 0 aliphatic heterocycles. The third kappa shape index (κ3) is 8.59.